The number of benzene rings is 1. The molecular weight excluding hydrogens is 393 g/mol. The summed E-state index contributed by atoms with van der Waals surface area (Å²) in [5.74, 6) is -0.645. The summed E-state index contributed by atoms with van der Waals surface area (Å²) >= 11 is 0. The van der Waals surface area contributed by atoms with Gasteiger partial charge in [0.1, 0.15) is 5.82 Å². The second kappa shape index (κ2) is 9.58. The number of halogens is 1. The number of aromatic nitrogens is 1. The Hall–Kier alpha value is -2.76. The first-order valence-corrected chi connectivity index (χ1v) is 11.4. The van der Waals surface area contributed by atoms with Crippen molar-refractivity contribution in [3.05, 3.63) is 64.2 Å². The van der Waals surface area contributed by atoms with Crippen LogP contribution >= 0.6 is 0 Å². The van der Waals surface area contributed by atoms with Gasteiger partial charge in [-0.3, -0.25) is 14.6 Å². The molecule has 1 aromatic heterocycles. The van der Waals surface area contributed by atoms with E-state index in [1.807, 2.05) is 6.07 Å². The van der Waals surface area contributed by atoms with Crippen LogP contribution in [0.5, 0.6) is 0 Å². The number of hydrogen-bond acceptors (Lipinski definition) is 3. The van der Waals surface area contributed by atoms with Crippen LogP contribution in [-0.4, -0.2) is 28.9 Å². The molecule has 4 rings (SSSR count). The van der Waals surface area contributed by atoms with Crippen LogP contribution in [0, 0.1) is 12.7 Å². The predicted octanol–water partition coefficient (Wildman–Crippen LogP) is 4.27. The van der Waals surface area contributed by atoms with E-state index in [0.29, 0.717) is 29.5 Å². The molecule has 164 valence electrons. The van der Waals surface area contributed by atoms with E-state index in [9.17, 15) is 14.0 Å². The van der Waals surface area contributed by atoms with E-state index < -0.39 is 0 Å². The molecule has 1 aromatic carbocycles. The summed E-state index contributed by atoms with van der Waals surface area (Å²) in [7, 11) is 0. The van der Waals surface area contributed by atoms with Gasteiger partial charge in [-0.2, -0.15) is 0 Å². The summed E-state index contributed by atoms with van der Waals surface area (Å²) in [5.41, 5.74) is 3.14. The van der Waals surface area contributed by atoms with E-state index in [1.54, 1.807) is 25.3 Å². The van der Waals surface area contributed by atoms with Gasteiger partial charge in [0.05, 0.1) is 5.56 Å². The SMILES string of the molecule is Cc1c(F)cc(C(=O)NC2CC2)cc1CCc1ccc(C(=O)NC2CCCCC2)cn1. The van der Waals surface area contributed by atoms with Gasteiger partial charge in [-0.25, -0.2) is 4.39 Å². The largest absolute Gasteiger partial charge is 0.349 e. The highest BCUT2D eigenvalue weighted by atomic mass is 19.1. The molecule has 2 saturated carbocycles. The first-order valence-electron chi connectivity index (χ1n) is 11.4. The summed E-state index contributed by atoms with van der Waals surface area (Å²) < 4.78 is 14.4. The molecule has 0 atom stereocenters. The standard InChI is InChI=1S/C25H30FN3O2/c1-16-17(13-19(14-23(16)26)25(31)29-22-11-12-22)7-9-20-10-8-18(15-27-20)24(30)28-21-5-3-2-4-6-21/h8,10,13-15,21-22H,2-7,9,11-12H2,1H3,(H,28,30)(H,29,31). The smallest absolute Gasteiger partial charge is 0.253 e. The van der Waals surface area contributed by atoms with Gasteiger partial charge in [0.2, 0.25) is 0 Å². The minimum Gasteiger partial charge on any atom is -0.349 e. The molecule has 0 spiro atoms. The van der Waals surface area contributed by atoms with E-state index in [1.165, 1.54) is 25.3 Å². The van der Waals surface area contributed by atoms with Gasteiger partial charge in [0, 0.05) is 29.5 Å². The minimum atomic E-state index is -0.360. The summed E-state index contributed by atoms with van der Waals surface area (Å²) in [5, 5.41) is 6.01. The predicted molar refractivity (Wildman–Crippen MR) is 118 cm³/mol. The molecule has 2 fully saturated rings. The van der Waals surface area contributed by atoms with E-state index in [2.05, 4.69) is 15.6 Å². The van der Waals surface area contributed by atoms with Gasteiger partial charge >= 0.3 is 0 Å². The number of pyridine rings is 1. The van der Waals surface area contributed by atoms with Gasteiger partial charge in [-0.15, -0.1) is 0 Å². The number of carbonyl (C=O) groups is 2. The van der Waals surface area contributed by atoms with Gasteiger partial charge in [-0.05, 0) is 80.8 Å². The van der Waals surface area contributed by atoms with Gasteiger partial charge in [0.15, 0.2) is 0 Å². The second-order valence-corrected chi connectivity index (χ2v) is 8.84. The molecule has 2 aliphatic rings. The highest BCUT2D eigenvalue weighted by molar-refractivity contribution is 5.95. The number of amides is 2. The normalized spacial score (nSPS) is 16.7. The van der Waals surface area contributed by atoms with Crippen LogP contribution in [0.25, 0.3) is 0 Å². The Balaban J connectivity index is 1.36. The Labute approximate surface area is 182 Å². The average Bonchev–Trinajstić information content (AvgIpc) is 3.59. The van der Waals surface area contributed by atoms with Crippen molar-refractivity contribution in [3.63, 3.8) is 0 Å². The maximum atomic E-state index is 14.4. The molecular formula is C25H30FN3O2. The fraction of sp³-hybridized carbons (Fsp3) is 0.480. The lowest BCUT2D eigenvalue weighted by molar-refractivity contribution is 0.0924. The summed E-state index contributed by atoms with van der Waals surface area (Å²) in [6.07, 6.45) is 10.5. The minimum absolute atomic E-state index is 0.0711. The average molecular weight is 424 g/mol. The Morgan fingerprint density at radius 3 is 2.26 bits per heavy atom. The van der Waals surface area contributed by atoms with Crippen molar-refractivity contribution < 1.29 is 14.0 Å². The van der Waals surface area contributed by atoms with Crippen molar-refractivity contribution in [1.82, 2.24) is 15.6 Å². The zero-order valence-electron chi connectivity index (χ0n) is 18.0. The molecule has 0 aliphatic heterocycles. The number of hydrogen-bond donors (Lipinski definition) is 2. The lowest BCUT2D eigenvalue weighted by Crippen LogP contribution is -2.36. The maximum absolute atomic E-state index is 14.4. The van der Waals surface area contributed by atoms with Crippen molar-refractivity contribution in [2.24, 2.45) is 0 Å². The van der Waals surface area contributed by atoms with Crippen LogP contribution in [0.2, 0.25) is 0 Å². The summed E-state index contributed by atoms with van der Waals surface area (Å²) in [6.45, 7) is 1.74. The third-order valence-corrected chi connectivity index (χ3v) is 6.30. The quantitative estimate of drug-likeness (QED) is 0.699. The van der Waals surface area contributed by atoms with Crippen LogP contribution in [0.15, 0.2) is 30.5 Å². The van der Waals surface area contributed by atoms with E-state index >= 15 is 0 Å². The molecule has 6 heteroatoms. The zero-order chi connectivity index (χ0) is 21.8. The molecule has 0 bridgehead atoms. The van der Waals surface area contributed by atoms with Gasteiger partial charge in [0.25, 0.3) is 11.8 Å². The molecule has 2 N–H and O–H groups in total. The van der Waals surface area contributed by atoms with Crippen LogP contribution in [-0.2, 0) is 12.8 Å². The van der Waals surface area contributed by atoms with Crippen molar-refractivity contribution >= 4 is 11.8 Å². The van der Waals surface area contributed by atoms with Crippen molar-refractivity contribution in [1.29, 1.82) is 0 Å². The molecule has 0 unspecified atom stereocenters. The lowest BCUT2D eigenvalue weighted by Gasteiger charge is -2.22. The molecule has 31 heavy (non-hydrogen) atoms. The zero-order valence-corrected chi connectivity index (χ0v) is 18.0. The monoisotopic (exact) mass is 423 g/mol. The number of carbonyl (C=O) groups excluding carboxylic acids is 2. The molecule has 2 aromatic rings. The molecule has 0 saturated heterocycles. The van der Waals surface area contributed by atoms with Crippen molar-refractivity contribution in [2.75, 3.05) is 0 Å². The maximum Gasteiger partial charge on any atom is 0.253 e. The molecule has 0 radical (unpaired) electrons. The third kappa shape index (κ3) is 5.69. The van der Waals surface area contributed by atoms with E-state index in [4.69, 9.17) is 0 Å². The first kappa shape index (κ1) is 21.5. The third-order valence-electron chi connectivity index (χ3n) is 6.30. The second-order valence-electron chi connectivity index (χ2n) is 8.84. The molecule has 2 amide bonds. The first-order chi connectivity index (χ1) is 15.0. The van der Waals surface area contributed by atoms with Gasteiger partial charge in [-0.1, -0.05) is 19.3 Å². The Morgan fingerprint density at radius 2 is 1.61 bits per heavy atom. The molecule has 2 aliphatic carbocycles. The van der Waals surface area contributed by atoms with E-state index in [-0.39, 0.29) is 29.7 Å². The lowest BCUT2D eigenvalue weighted by atomic mass is 9.95. The number of aryl methyl sites for hydroxylation is 2. The number of nitrogens with zero attached hydrogens (tertiary/aromatic N) is 1. The number of nitrogens with one attached hydrogen (secondary N) is 2. The van der Waals surface area contributed by atoms with Crippen LogP contribution in [0.4, 0.5) is 4.39 Å². The Bertz CT molecular complexity index is 948. The Morgan fingerprint density at radius 1 is 0.935 bits per heavy atom. The van der Waals surface area contributed by atoms with Crippen LogP contribution in [0.3, 0.4) is 0 Å². The highest BCUT2D eigenvalue weighted by Crippen LogP contribution is 2.22. The molecule has 5 nitrogen and oxygen atoms in total. The van der Waals surface area contributed by atoms with Crippen molar-refractivity contribution in [2.45, 2.75) is 76.8 Å². The topological polar surface area (TPSA) is 71.1 Å². The van der Waals surface area contributed by atoms with Gasteiger partial charge < -0.3 is 10.6 Å². The van der Waals surface area contributed by atoms with Crippen LogP contribution < -0.4 is 10.6 Å². The number of rotatable bonds is 7. The summed E-state index contributed by atoms with van der Waals surface area (Å²) in [4.78, 5) is 29.2. The van der Waals surface area contributed by atoms with E-state index in [0.717, 1.165) is 36.9 Å². The molecule has 1 heterocycles. The summed E-state index contributed by atoms with van der Waals surface area (Å²) in [6, 6.07) is 7.25. The fourth-order valence-corrected chi connectivity index (χ4v) is 4.11. The fourth-order valence-electron chi connectivity index (χ4n) is 4.11. The Kier molecular flexibility index (Phi) is 6.64. The van der Waals surface area contributed by atoms with Crippen LogP contribution in [0.1, 0.15) is 82.5 Å². The van der Waals surface area contributed by atoms with Crippen molar-refractivity contribution in [3.8, 4) is 0 Å². The highest BCUT2D eigenvalue weighted by Gasteiger charge is 2.24.